The molecule has 3 atom stereocenters. The van der Waals surface area contributed by atoms with Gasteiger partial charge in [-0.3, -0.25) is 0 Å². The van der Waals surface area contributed by atoms with Crippen molar-refractivity contribution in [3.8, 4) is 11.5 Å². The Labute approximate surface area is 194 Å². The van der Waals surface area contributed by atoms with Crippen LogP contribution in [0, 0.1) is 0 Å². The molecular weight excluding hydrogens is 420 g/mol. The summed E-state index contributed by atoms with van der Waals surface area (Å²) in [4.78, 5) is 13.5. The van der Waals surface area contributed by atoms with Crippen LogP contribution in [0.4, 0.5) is 0 Å². The zero-order valence-corrected chi connectivity index (χ0v) is 19.0. The molecule has 3 aromatic carbocycles. The summed E-state index contributed by atoms with van der Waals surface area (Å²) < 4.78 is 29.0. The SMILES string of the molecule is CCOC(=O)[C@]1(Cc2ccccc2)O[C@H](c2ccc(OC)cc2)O[C@@H]1c1ccc(OC)cc1. The molecule has 3 aromatic rings. The Morgan fingerprint density at radius 2 is 1.42 bits per heavy atom. The molecule has 4 rings (SSSR count). The van der Waals surface area contributed by atoms with Gasteiger partial charge in [0.1, 0.15) is 17.6 Å². The highest BCUT2D eigenvalue weighted by atomic mass is 16.8. The van der Waals surface area contributed by atoms with Gasteiger partial charge >= 0.3 is 5.97 Å². The van der Waals surface area contributed by atoms with Gasteiger partial charge in [0.05, 0.1) is 20.8 Å². The van der Waals surface area contributed by atoms with Crippen molar-refractivity contribution in [2.45, 2.75) is 31.3 Å². The van der Waals surface area contributed by atoms with Crippen molar-refractivity contribution in [2.75, 3.05) is 20.8 Å². The Morgan fingerprint density at radius 1 is 0.848 bits per heavy atom. The van der Waals surface area contributed by atoms with Crippen LogP contribution in [-0.2, 0) is 25.4 Å². The van der Waals surface area contributed by atoms with Gasteiger partial charge in [0.25, 0.3) is 0 Å². The highest BCUT2D eigenvalue weighted by molar-refractivity contribution is 5.82. The Bertz CT molecular complexity index is 1050. The predicted molar refractivity (Wildman–Crippen MR) is 123 cm³/mol. The first-order chi connectivity index (χ1) is 16.1. The summed E-state index contributed by atoms with van der Waals surface area (Å²) in [6.45, 7) is 2.02. The van der Waals surface area contributed by atoms with Crippen molar-refractivity contribution in [3.63, 3.8) is 0 Å². The molecule has 0 bridgehead atoms. The number of carbonyl (C=O) groups is 1. The molecule has 1 fully saturated rings. The van der Waals surface area contributed by atoms with Gasteiger partial charge in [0, 0.05) is 12.0 Å². The van der Waals surface area contributed by atoms with Gasteiger partial charge in [-0.1, -0.05) is 54.6 Å². The van der Waals surface area contributed by atoms with Gasteiger partial charge in [0.15, 0.2) is 6.29 Å². The van der Waals surface area contributed by atoms with Crippen LogP contribution in [0.2, 0.25) is 0 Å². The summed E-state index contributed by atoms with van der Waals surface area (Å²) >= 11 is 0. The predicted octanol–water partition coefficient (Wildman–Crippen LogP) is 5.04. The second kappa shape index (κ2) is 10.1. The van der Waals surface area contributed by atoms with E-state index in [9.17, 15) is 4.79 Å². The molecule has 33 heavy (non-hydrogen) atoms. The minimum absolute atomic E-state index is 0.237. The zero-order valence-electron chi connectivity index (χ0n) is 19.0. The van der Waals surface area contributed by atoms with Crippen molar-refractivity contribution in [3.05, 3.63) is 95.6 Å². The molecule has 172 valence electrons. The lowest BCUT2D eigenvalue weighted by Crippen LogP contribution is -2.46. The van der Waals surface area contributed by atoms with Gasteiger partial charge < -0.3 is 23.7 Å². The summed E-state index contributed by atoms with van der Waals surface area (Å²) in [5, 5.41) is 0. The number of esters is 1. The summed E-state index contributed by atoms with van der Waals surface area (Å²) in [5.41, 5.74) is 1.17. The van der Waals surface area contributed by atoms with Gasteiger partial charge in [0.2, 0.25) is 5.60 Å². The fourth-order valence-electron chi connectivity index (χ4n) is 4.06. The molecule has 0 amide bonds. The summed E-state index contributed by atoms with van der Waals surface area (Å²) in [5.74, 6) is 0.990. The van der Waals surface area contributed by atoms with E-state index in [0.29, 0.717) is 12.2 Å². The van der Waals surface area contributed by atoms with E-state index in [4.69, 9.17) is 23.7 Å². The Morgan fingerprint density at radius 3 is 1.97 bits per heavy atom. The van der Waals surface area contributed by atoms with Gasteiger partial charge in [-0.05, 0) is 42.3 Å². The van der Waals surface area contributed by atoms with Crippen LogP contribution in [0.3, 0.4) is 0 Å². The fraction of sp³-hybridized carbons (Fsp3) is 0.296. The van der Waals surface area contributed by atoms with E-state index in [2.05, 4.69) is 0 Å². The number of rotatable bonds is 8. The molecule has 0 radical (unpaired) electrons. The summed E-state index contributed by atoms with van der Waals surface area (Å²) in [6.07, 6.45) is -1.14. The number of ether oxygens (including phenoxy) is 5. The highest BCUT2D eigenvalue weighted by Gasteiger charge is 2.57. The molecule has 0 N–H and O–H groups in total. The molecule has 1 heterocycles. The van der Waals surface area contributed by atoms with Crippen LogP contribution in [-0.4, -0.2) is 32.4 Å². The van der Waals surface area contributed by atoms with E-state index in [-0.39, 0.29) is 6.61 Å². The lowest BCUT2D eigenvalue weighted by Gasteiger charge is -2.30. The Balaban J connectivity index is 1.78. The third-order valence-corrected chi connectivity index (χ3v) is 5.74. The van der Waals surface area contributed by atoms with Crippen LogP contribution in [0.5, 0.6) is 11.5 Å². The van der Waals surface area contributed by atoms with Gasteiger partial charge in [-0.25, -0.2) is 4.79 Å². The lowest BCUT2D eigenvalue weighted by molar-refractivity contribution is -0.173. The number of benzene rings is 3. The molecule has 1 saturated heterocycles. The molecule has 1 aliphatic rings. The van der Waals surface area contributed by atoms with E-state index in [0.717, 1.165) is 22.4 Å². The van der Waals surface area contributed by atoms with E-state index >= 15 is 0 Å². The van der Waals surface area contributed by atoms with Crippen LogP contribution in [0.25, 0.3) is 0 Å². The van der Waals surface area contributed by atoms with Crippen LogP contribution in [0.1, 0.15) is 36.0 Å². The first-order valence-electron chi connectivity index (χ1n) is 10.9. The molecule has 0 saturated carbocycles. The maximum absolute atomic E-state index is 13.5. The van der Waals surface area contributed by atoms with Gasteiger partial charge in [-0.15, -0.1) is 0 Å². The first-order valence-corrected chi connectivity index (χ1v) is 10.9. The Kier molecular flexibility index (Phi) is 6.96. The third kappa shape index (κ3) is 4.72. The quantitative estimate of drug-likeness (QED) is 0.450. The second-order valence-corrected chi connectivity index (χ2v) is 7.78. The normalized spacial score (nSPS) is 22.0. The number of methoxy groups -OCH3 is 2. The van der Waals surface area contributed by atoms with Crippen LogP contribution in [0.15, 0.2) is 78.9 Å². The smallest absolute Gasteiger partial charge is 0.342 e. The maximum Gasteiger partial charge on any atom is 0.342 e. The maximum atomic E-state index is 13.5. The van der Waals surface area contributed by atoms with Gasteiger partial charge in [-0.2, -0.15) is 0 Å². The minimum atomic E-state index is -1.36. The van der Waals surface area contributed by atoms with Crippen molar-refractivity contribution >= 4 is 5.97 Å². The monoisotopic (exact) mass is 448 g/mol. The third-order valence-electron chi connectivity index (χ3n) is 5.74. The molecule has 0 unspecified atom stereocenters. The molecule has 0 aromatic heterocycles. The van der Waals surface area contributed by atoms with Crippen molar-refractivity contribution in [2.24, 2.45) is 0 Å². The average molecular weight is 449 g/mol. The largest absolute Gasteiger partial charge is 0.497 e. The Hall–Kier alpha value is -3.35. The minimum Gasteiger partial charge on any atom is -0.497 e. The van der Waals surface area contributed by atoms with Crippen LogP contribution >= 0.6 is 0 Å². The molecule has 6 nitrogen and oxygen atoms in total. The highest BCUT2D eigenvalue weighted by Crippen LogP contribution is 2.49. The number of hydrogen-bond donors (Lipinski definition) is 0. The lowest BCUT2D eigenvalue weighted by atomic mass is 9.85. The van der Waals surface area contributed by atoms with Crippen LogP contribution < -0.4 is 9.47 Å². The number of carbonyl (C=O) groups excluding carboxylic acids is 1. The zero-order chi connectivity index (χ0) is 23.3. The van der Waals surface area contributed by atoms with Crippen molar-refractivity contribution < 1.29 is 28.5 Å². The average Bonchev–Trinajstić information content (AvgIpc) is 3.25. The first kappa shape index (κ1) is 22.8. The van der Waals surface area contributed by atoms with E-state index < -0.39 is 24.0 Å². The summed E-state index contributed by atoms with van der Waals surface area (Å²) in [7, 11) is 3.23. The standard InChI is InChI=1S/C27H28O6/c1-4-31-26(28)27(18-19-8-6-5-7-9-19)24(20-10-14-22(29-2)15-11-20)32-25(33-27)21-12-16-23(30-3)17-13-21/h5-17,24-25H,4,18H2,1-3H3/t24-,25-,27-/m1/s1. The van der Waals surface area contributed by atoms with E-state index in [1.165, 1.54) is 0 Å². The molecule has 0 aliphatic carbocycles. The molecular formula is C27H28O6. The molecule has 0 spiro atoms. The molecule has 1 aliphatic heterocycles. The van der Waals surface area contributed by atoms with Crippen molar-refractivity contribution in [1.29, 1.82) is 0 Å². The molecule has 6 heteroatoms. The fourth-order valence-corrected chi connectivity index (χ4v) is 4.06. The second-order valence-electron chi connectivity index (χ2n) is 7.78. The number of hydrogen-bond acceptors (Lipinski definition) is 6. The van der Waals surface area contributed by atoms with Crippen molar-refractivity contribution in [1.82, 2.24) is 0 Å². The van der Waals surface area contributed by atoms with E-state index in [1.807, 2.05) is 78.9 Å². The topological polar surface area (TPSA) is 63.2 Å². The summed E-state index contributed by atoms with van der Waals surface area (Å²) in [6, 6.07) is 24.6. The van der Waals surface area contributed by atoms with E-state index in [1.54, 1.807) is 21.1 Å².